The molecule has 0 bridgehead atoms. The number of nitro groups is 2. The number of halogens is 4. The van der Waals surface area contributed by atoms with Gasteiger partial charge < -0.3 is 4.74 Å². The molecule has 0 N–H and O–H groups in total. The normalized spacial score (nSPS) is 10.7. The molecule has 0 atom stereocenters. The fourth-order valence-electron chi connectivity index (χ4n) is 2.05. The van der Waals surface area contributed by atoms with Crippen LogP contribution in [-0.4, -0.2) is 9.85 Å². The van der Waals surface area contributed by atoms with Crippen molar-refractivity contribution >= 4 is 43.2 Å². The molecule has 2 aromatic carbocycles. The van der Waals surface area contributed by atoms with Crippen LogP contribution < -0.4 is 0 Å². The van der Waals surface area contributed by atoms with E-state index in [0.29, 0.717) is 0 Å². The number of benzene rings is 2. The van der Waals surface area contributed by atoms with Gasteiger partial charge in [-0.05, 0) is 12.1 Å². The van der Waals surface area contributed by atoms with Crippen LogP contribution in [0.1, 0.15) is 11.1 Å². The van der Waals surface area contributed by atoms with E-state index in [4.69, 9.17) is 4.74 Å². The van der Waals surface area contributed by atoms with Gasteiger partial charge >= 0.3 is 0 Å². The first-order valence-corrected chi connectivity index (χ1v) is 8.11. The van der Waals surface area contributed by atoms with Gasteiger partial charge in [0.05, 0.1) is 34.2 Å². The maximum atomic E-state index is 13.9. The predicted octanol–water partition coefficient (Wildman–Crippen LogP) is 5.02. The minimum absolute atomic E-state index is 0.176. The summed E-state index contributed by atoms with van der Waals surface area (Å²) in [7, 11) is 0. The first-order chi connectivity index (χ1) is 11.7. The molecule has 0 aliphatic carbocycles. The molecule has 2 rings (SSSR count). The molecule has 0 fully saturated rings. The molecule has 2 aromatic rings. The fraction of sp³-hybridized carbons (Fsp3) is 0.143. The maximum Gasteiger partial charge on any atom is 0.279 e. The van der Waals surface area contributed by atoms with Gasteiger partial charge in [-0.1, -0.05) is 31.9 Å². The van der Waals surface area contributed by atoms with Crippen molar-refractivity contribution in [2.45, 2.75) is 13.2 Å². The highest BCUT2D eigenvalue weighted by atomic mass is 79.9. The molecule has 0 aliphatic heterocycles. The highest BCUT2D eigenvalue weighted by Crippen LogP contribution is 2.30. The molecule has 0 amide bonds. The summed E-state index contributed by atoms with van der Waals surface area (Å²) in [6.07, 6.45) is 0. The number of nitrogens with zero attached hydrogens (tertiary/aromatic N) is 2. The fourth-order valence-corrected chi connectivity index (χ4v) is 2.88. The molecular formula is C14H8Br2F2N2O5. The number of ether oxygens (including phenoxy) is 1. The summed E-state index contributed by atoms with van der Waals surface area (Å²) in [5, 5.41) is 22.0. The van der Waals surface area contributed by atoms with Crippen LogP contribution in [0.5, 0.6) is 0 Å². The Morgan fingerprint density at radius 1 is 0.840 bits per heavy atom. The monoisotopic (exact) mass is 480 g/mol. The quantitative estimate of drug-likeness (QED) is 0.426. The van der Waals surface area contributed by atoms with E-state index < -0.39 is 46.1 Å². The third-order valence-electron chi connectivity index (χ3n) is 3.16. The van der Waals surface area contributed by atoms with Gasteiger partial charge in [0.25, 0.3) is 11.4 Å². The number of hydrogen-bond acceptors (Lipinski definition) is 5. The van der Waals surface area contributed by atoms with E-state index in [1.165, 1.54) is 0 Å². The molecule has 0 aromatic heterocycles. The van der Waals surface area contributed by atoms with Gasteiger partial charge in [0.1, 0.15) is 11.6 Å². The Hall–Kier alpha value is -1.98. The lowest BCUT2D eigenvalue weighted by Gasteiger charge is -2.09. The van der Waals surface area contributed by atoms with Crippen molar-refractivity contribution in [1.82, 2.24) is 0 Å². The van der Waals surface area contributed by atoms with Gasteiger partial charge in [-0.2, -0.15) is 0 Å². The van der Waals surface area contributed by atoms with Crippen molar-refractivity contribution < 1.29 is 23.4 Å². The molecule has 11 heteroatoms. The molecule has 132 valence electrons. The molecule has 0 saturated carbocycles. The van der Waals surface area contributed by atoms with Crippen LogP contribution in [0.2, 0.25) is 0 Å². The summed E-state index contributed by atoms with van der Waals surface area (Å²) in [6, 6.07) is 4.25. The number of hydrogen-bond donors (Lipinski definition) is 0. The van der Waals surface area contributed by atoms with Gasteiger partial charge in [0.2, 0.25) is 0 Å². The molecule has 0 spiro atoms. The zero-order chi connectivity index (χ0) is 18.7. The molecule has 0 saturated heterocycles. The summed E-state index contributed by atoms with van der Waals surface area (Å²) in [5.74, 6) is -1.77. The van der Waals surface area contributed by atoms with Gasteiger partial charge in [0, 0.05) is 21.1 Å². The van der Waals surface area contributed by atoms with Gasteiger partial charge in [0.15, 0.2) is 0 Å². The standard InChI is InChI=1S/C14H8Br2F2N2O5/c15-7-1-11(17)9(13(3-7)19(21)22)5-25-6-10-12(18)2-8(16)4-14(10)20(23)24/h1-4H,5-6H2. The second-order valence-electron chi connectivity index (χ2n) is 4.78. The number of rotatable bonds is 6. The van der Waals surface area contributed by atoms with Crippen molar-refractivity contribution in [3.05, 3.63) is 76.2 Å². The van der Waals surface area contributed by atoms with E-state index in [9.17, 15) is 29.0 Å². The number of nitro benzene ring substituents is 2. The van der Waals surface area contributed by atoms with Crippen LogP contribution >= 0.6 is 31.9 Å². The maximum absolute atomic E-state index is 13.9. The third kappa shape index (κ3) is 4.55. The van der Waals surface area contributed by atoms with E-state index in [1.807, 2.05) is 0 Å². The van der Waals surface area contributed by atoms with Crippen LogP contribution in [0.15, 0.2) is 33.2 Å². The molecule has 7 nitrogen and oxygen atoms in total. The highest BCUT2D eigenvalue weighted by Gasteiger charge is 2.22. The summed E-state index contributed by atoms with van der Waals surface area (Å²) in [5.41, 5.74) is -1.71. The molecule has 0 heterocycles. The van der Waals surface area contributed by atoms with Gasteiger partial charge in [-0.3, -0.25) is 20.2 Å². The Bertz CT molecular complexity index is 794. The lowest BCUT2D eigenvalue weighted by Crippen LogP contribution is -2.05. The second-order valence-corrected chi connectivity index (χ2v) is 6.61. The summed E-state index contributed by atoms with van der Waals surface area (Å²) in [6.45, 7) is -1.11. The second kappa shape index (κ2) is 7.93. The molecule has 0 aliphatic rings. The van der Waals surface area contributed by atoms with Crippen LogP contribution in [0.4, 0.5) is 20.2 Å². The van der Waals surface area contributed by atoms with E-state index in [0.717, 1.165) is 24.3 Å². The summed E-state index contributed by atoms with van der Waals surface area (Å²) in [4.78, 5) is 20.4. The van der Waals surface area contributed by atoms with Crippen molar-refractivity contribution in [2.75, 3.05) is 0 Å². The van der Waals surface area contributed by atoms with E-state index >= 15 is 0 Å². The predicted molar refractivity (Wildman–Crippen MR) is 90.0 cm³/mol. The van der Waals surface area contributed by atoms with Crippen LogP contribution in [0.25, 0.3) is 0 Å². The van der Waals surface area contributed by atoms with Crippen molar-refractivity contribution in [3.8, 4) is 0 Å². The van der Waals surface area contributed by atoms with Crippen molar-refractivity contribution in [1.29, 1.82) is 0 Å². The summed E-state index contributed by atoms with van der Waals surface area (Å²) >= 11 is 5.90. The van der Waals surface area contributed by atoms with Crippen molar-refractivity contribution in [2.24, 2.45) is 0 Å². The van der Waals surface area contributed by atoms with E-state index in [1.54, 1.807) is 0 Å². The largest absolute Gasteiger partial charge is 0.371 e. The minimum Gasteiger partial charge on any atom is -0.371 e. The Labute approximate surface area is 156 Å². The molecule has 0 radical (unpaired) electrons. The SMILES string of the molecule is O=[N+]([O-])c1cc(Br)cc(F)c1COCc1c(F)cc(Br)cc1[N+](=O)[O-]. The Balaban J connectivity index is 2.25. The average Bonchev–Trinajstić information content (AvgIpc) is 2.49. The highest BCUT2D eigenvalue weighted by molar-refractivity contribution is 9.10. The Morgan fingerprint density at radius 2 is 1.20 bits per heavy atom. The van der Waals surface area contributed by atoms with E-state index in [2.05, 4.69) is 31.9 Å². The van der Waals surface area contributed by atoms with E-state index in [-0.39, 0.29) is 20.1 Å². The molecule has 0 unspecified atom stereocenters. The van der Waals surface area contributed by atoms with Crippen molar-refractivity contribution in [3.63, 3.8) is 0 Å². The van der Waals surface area contributed by atoms with Gasteiger partial charge in [-0.15, -0.1) is 0 Å². The van der Waals surface area contributed by atoms with Crippen LogP contribution in [-0.2, 0) is 18.0 Å². The zero-order valence-electron chi connectivity index (χ0n) is 12.2. The average molecular weight is 482 g/mol. The first-order valence-electron chi connectivity index (χ1n) is 6.53. The lowest BCUT2D eigenvalue weighted by atomic mass is 10.1. The lowest BCUT2D eigenvalue weighted by molar-refractivity contribution is -0.386. The molecular weight excluding hydrogens is 474 g/mol. The minimum atomic E-state index is -0.883. The van der Waals surface area contributed by atoms with Crippen LogP contribution in [0.3, 0.4) is 0 Å². The van der Waals surface area contributed by atoms with Gasteiger partial charge in [-0.25, -0.2) is 8.78 Å². The Morgan fingerprint density at radius 3 is 1.52 bits per heavy atom. The Kier molecular flexibility index (Phi) is 6.14. The third-order valence-corrected chi connectivity index (χ3v) is 4.08. The topological polar surface area (TPSA) is 95.5 Å². The van der Waals surface area contributed by atoms with Crippen LogP contribution in [0, 0.1) is 31.9 Å². The zero-order valence-corrected chi connectivity index (χ0v) is 15.3. The summed E-state index contributed by atoms with van der Waals surface area (Å²) < 4.78 is 33.3. The molecule has 25 heavy (non-hydrogen) atoms. The first kappa shape index (κ1) is 19.3. The smallest absolute Gasteiger partial charge is 0.279 e.